The lowest BCUT2D eigenvalue weighted by atomic mass is 10.2. The van der Waals surface area contributed by atoms with Crippen molar-refractivity contribution in [3.63, 3.8) is 0 Å². The Morgan fingerprint density at radius 2 is 2.15 bits per heavy atom. The molecule has 0 aliphatic heterocycles. The molecule has 0 radical (unpaired) electrons. The fourth-order valence-electron chi connectivity index (χ4n) is 0.760. The second-order valence-corrected chi connectivity index (χ2v) is 3.29. The molecular weight excluding hydrogens is 270 g/mol. The Hall–Kier alpha value is -0.290. The van der Waals surface area contributed by atoms with Gasteiger partial charge >= 0.3 is 0 Å². The lowest BCUT2D eigenvalue weighted by molar-refractivity contribution is 0.140. The quantitative estimate of drug-likeness (QED) is 0.750. The smallest absolute Gasteiger partial charge is 0.252 e. The normalized spacial score (nSPS) is 10.9. The summed E-state index contributed by atoms with van der Waals surface area (Å²) in [6, 6.07) is 0. The zero-order chi connectivity index (χ0) is 10.0. The van der Waals surface area contributed by atoms with E-state index in [2.05, 4.69) is 20.9 Å². The lowest BCUT2D eigenvalue weighted by Crippen LogP contribution is -1.99. The van der Waals surface area contributed by atoms with Crippen LogP contribution in [-0.4, -0.2) is 4.98 Å². The van der Waals surface area contributed by atoms with E-state index in [4.69, 9.17) is 11.6 Å². The molecule has 0 amide bonds. The fraction of sp³-hybridized carbons (Fsp3) is 0.286. The number of pyridine rings is 1. The second-order valence-electron chi connectivity index (χ2n) is 2.23. The van der Waals surface area contributed by atoms with Gasteiger partial charge in [-0.25, -0.2) is 13.2 Å². The molecule has 1 nitrogen and oxygen atoms in total. The molecule has 1 rings (SSSR count). The average Bonchev–Trinajstić information content (AvgIpc) is 2.09. The molecule has 0 aliphatic rings. The van der Waals surface area contributed by atoms with E-state index in [1.807, 2.05) is 0 Å². The predicted molar refractivity (Wildman–Crippen MR) is 46.4 cm³/mol. The van der Waals surface area contributed by atoms with Gasteiger partial charge < -0.3 is 0 Å². The average molecular weight is 274 g/mol. The number of nitrogens with zero attached hydrogens (tertiary/aromatic N) is 1. The Morgan fingerprint density at radius 1 is 1.54 bits per heavy atom. The summed E-state index contributed by atoms with van der Waals surface area (Å²) in [6.07, 6.45) is -1.79. The zero-order valence-corrected chi connectivity index (χ0v) is 8.54. The summed E-state index contributed by atoms with van der Waals surface area (Å²) in [5.41, 5.74) is -0.510. The van der Waals surface area contributed by atoms with Gasteiger partial charge in [0.25, 0.3) is 6.43 Å². The number of hydrogen-bond acceptors (Lipinski definition) is 1. The lowest BCUT2D eigenvalue weighted by Gasteiger charge is -2.05. The molecular formula is C7H4BrClF3N. The Labute approximate surface area is 86.0 Å². The van der Waals surface area contributed by atoms with Crippen LogP contribution in [-0.2, 0) is 5.88 Å². The molecule has 0 spiro atoms. The van der Waals surface area contributed by atoms with E-state index in [9.17, 15) is 13.2 Å². The van der Waals surface area contributed by atoms with E-state index in [-0.39, 0.29) is 10.4 Å². The zero-order valence-electron chi connectivity index (χ0n) is 6.20. The third-order valence-corrected chi connectivity index (χ3v) is 2.55. The summed E-state index contributed by atoms with van der Waals surface area (Å²) >= 11 is 8.24. The number of rotatable bonds is 2. The Bertz CT molecular complexity index is 319. The van der Waals surface area contributed by atoms with Crippen LogP contribution >= 0.6 is 27.5 Å². The van der Waals surface area contributed by atoms with E-state index >= 15 is 0 Å². The van der Waals surface area contributed by atoms with E-state index in [0.717, 1.165) is 6.20 Å². The van der Waals surface area contributed by atoms with Crippen LogP contribution < -0.4 is 0 Å². The number of halogens is 5. The maximum Gasteiger partial charge on any atom is 0.283 e. The highest BCUT2D eigenvalue weighted by atomic mass is 79.9. The van der Waals surface area contributed by atoms with Gasteiger partial charge in [0.2, 0.25) is 0 Å². The first-order valence-corrected chi connectivity index (χ1v) is 4.57. The van der Waals surface area contributed by atoms with Crippen molar-refractivity contribution >= 4 is 27.5 Å². The van der Waals surface area contributed by atoms with E-state index in [1.165, 1.54) is 0 Å². The van der Waals surface area contributed by atoms with Gasteiger partial charge in [0, 0.05) is 11.8 Å². The number of aromatic nitrogens is 1. The molecule has 6 heteroatoms. The van der Waals surface area contributed by atoms with Gasteiger partial charge in [-0.15, -0.1) is 11.6 Å². The summed E-state index contributed by atoms with van der Waals surface area (Å²) in [6.45, 7) is 0. The molecule has 0 aromatic carbocycles. The minimum absolute atomic E-state index is 0.0218. The third-order valence-electron chi connectivity index (χ3n) is 1.41. The Balaban J connectivity index is 3.23. The Morgan fingerprint density at radius 3 is 2.62 bits per heavy atom. The van der Waals surface area contributed by atoms with Crippen molar-refractivity contribution in [1.82, 2.24) is 4.98 Å². The molecule has 0 atom stereocenters. The summed E-state index contributed by atoms with van der Waals surface area (Å²) in [5, 5.41) is 0. The molecule has 1 heterocycles. The van der Waals surface area contributed by atoms with Crippen LogP contribution in [0.15, 0.2) is 10.7 Å². The molecule has 1 aromatic heterocycles. The van der Waals surface area contributed by atoms with E-state index < -0.39 is 17.9 Å². The first-order valence-electron chi connectivity index (χ1n) is 3.24. The fourth-order valence-corrected chi connectivity index (χ4v) is 1.57. The topological polar surface area (TPSA) is 12.9 Å². The third kappa shape index (κ3) is 2.14. The van der Waals surface area contributed by atoms with Gasteiger partial charge in [0.1, 0.15) is 5.69 Å². The molecule has 0 fully saturated rings. The van der Waals surface area contributed by atoms with Crippen LogP contribution in [0.5, 0.6) is 0 Å². The van der Waals surface area contributed by atoms with Crippen molar-refractivity contribution < 1.29 is 13.2 Å². The molecule has 0 N–H and O–H groups in total. The molecule has 0 bridgehead atoms. The summed E-state index contributed by atoms with van der Waals surface area (Å²) in [5.74, 6) is -1.03. The van der Waals surface area contributed by atoms with Crippen LogP contribution in [0.1, 0.15) is 17.7 Å². The standard InChI is InChI=1S/C7H4BrClF3N/c8-4-3(1-9)2-13-6(5(4)10)7(11)12/h2,7H,1H2. The van der Waals surface area contributed by atoms with Crippen molar-refractivity contribution in [2.24, 2.45) is 0 Å². The van der Waals surface area contributed by atoms with Gasteiger partial charge in [0.15, 0.2) is 5.82 Å². The molecule has 0 aliphatic carbocycles. The molecule has 0 unspecified atom stereocenters. The van der Waals surface area contributed by atoms with Crippen LogP contribution in [0, 0.1) is 5.82 Å². The molecule has 13 heavy (non-hydrogen) atoms. The van der Waals surface area contributed by atoms with E-state index in [1.54, 1.807) is 0 Å². The van der Waals surface area contributed by atoms with Crippen LogP contribution in [0.4, 0.5) is 13.2 Å². The summed E-state index contributed by atoms with van der Waals surface area (Å²) in [7, 11) is 0. The van der Waals surface area contributed by atoms with E-state index in [0.29, 0.717) is 5.56 Å². The SMILES string of the molecule is Fc1c(C(F)F)ncc(CCl)c1Br. The molecule has 0 saturated heterocycles. The van der Waals surface area contributed by atoms with Crippen molar-refractivity contribution in [1.29, 1.82) is 0 Å². The molecule has 72 valence electrons. The maximum atomic E-state index is 13.1. The minimum atomic E-state index is -2.92. The highest BCUT2D eigenvalue weighted by Gasteiger charge is 2.19. The van der Waals surface area contributed by atoms with Crippen molar-refractivity contribution in [2.45, 2.75) is 12.3 Å². The van der Waals surface area contributed by atoms with Gasteiger partial charge in [-0.1, -0.05) is 0 Å². The first-order chi connectivity index (χ1) is 6.07. The summed E-state index contributed by atoms with van der Waals surface area (Å²) in [4.78, 5) is 3.27. The predicted octanol–water partition coefficient (Wildman–Crippen LogP) is 3.66. The second kappa shape index (κ2) is 4.28. The van der Waals surface area contributed by atoms with Gasteiger partial charge in [-0.2, -0.15) is 0 Å². The van der Waals surface area contributed by atoms with Crippen LogP contribution in [0.25, 0.3) is 0 Å². The molecule has 1 aromatic rings. The minimum Gasteiger partial charge on any atom is -0.252 e. The van der Waals surface area contributed by atoms with Crippen LogP contribution in [0.2, 0.25) is 0 Å². The number of alkyl halides is 3. The largest absolute Gasteiger partial charge is 0.283 e. The highest BCUT2D eigenvalue weighted by molar-refractivity contribution is 9.10. The monoisotopic (exact) mass is 273 g/mol. The first kappa shape index (κ1) is 10.8. The van der Waals surface area contributed by atoms with Gasteiger partial charge in [0.05, 0.1) is 10.4 Å². The Kier molecular flexibility index (Phi) is 3.55. The number of hydrogen-bond donors (Lipinski definition) is 0. The maximum absolute atomic E-state index is 13.1. The van der Waals surface area contributed by atoms with Gasteiger partial charge in [-0.3, -0.25) is 4.98 Å². The summed E-state index contributed by atoms with van der Waals surface area (Å²) < 4.78 is 37.2. The van der Waals surface area contributed by atoms with Crippen molar-refractivity contribution in [2.75, 3.05) is 0 Å². The van der Waals surface area contributed by atoms with Gasteiger partial charge in [-0.05, 0) is 15.9 Å². The van der Waals surface area contributed by atoms with Crippen LogP contribution in [0.3, 0.4) is 0 Å². The molecule has 0 saturated carbocycles. The van der Waals surface area contributed by atoms with Crippen molar-refractivity contribution in [3.05, 3.63) is 27.7 Å². The van der Waals surface area contributed by atoms with Crippen molar-refractivity contribution in [3.8, 4) is 0 Å². The highest BCUT2D eigenvalue weighted by Crippen LogP contribution is 2.28.